The Bertz CT molecular complexity index is 548. The van der Waals surface area contributed by atoms with Gasteiger partial charge in [0.1, 0.15) is 5.75 Å². The van der Waals surface area contributed by atoms with Crippen LogP contribution in [-0.4, -0.2) is 6.36 Å². The zero-order valence-corrected chi connectivity index (χ0v) is 10.9. The second-order valence-electron chi connectivity index (χ2n) is 4.06. The maximum Gasteiger partial charge on any atom is 0.573 e. The summed E-state index contributed by atoms with van der Waals surface area (Å²) in [5.74, 6) is -0.244. The lowest BCUT2D eigenvalue weighted by atomic mass is 10.0. The highest BCUT2D eigenvalue weighted by Gasteiger charge is 2.31. The molecule has 0 aliphatic heterocycles. The van der Waals surface area contributed by atoms with E-state index in [0.29, 0.717) is 0 Å². The highest BCUT2D eigenvalue weighted by molar-refractivity contribution is 7.10. The van der Waals surface area contributed by atoms with Crippen LogP contribution >= 0.6 is 11.3 Å². The molecular weight excluding hydrogens is 275 g/mol. The van der Waals surface area contributed by atoms with Crippen LogP contribution in [0, 0.1) is 6.92 Å². The van der Waals surface area contributed by atoms with Gasteiger partial charge in [-0.25, -0.2) is 0 Å². The van der Waals surface area contributed by atoms with E-state index in [2.05, 4.69) is 4.74 Å². The zero-order valence-electron chi connectivity index (χ0n) is 10.1. The summed E-state index contributed by atoms with van der Waals surface area (Å²) in [6.07, 6.45) is -4.67. The summed E-state index contributed by atoms with van der Waals surface area (Å²) in [7, 11) is 0. The van der Waals surface area contributed by atoms with Crippen LogP contribution in [0.1, 0.15) is 22.0 Å². The number of alkyl halides is 3. The molecule has 0 amide bonds. The number of nitrogens with two attached hydrogens (primary N) is 1. The number of rotatable bonds is 3. The molecule has 1 unspecified atom stereocenters. The van der Waals surface area contributed by atoms with Gasteiger partial charge in [-0.05, 0) is 41.6 Å². The largest absolute Gasteiger partial charge is 0.573 e. The maximum atomic E-state index is 12.0. The van der Waals surface area contributed by atoms with Crippen molar-refractivity contribution in [1.29, 1.82) is 0 Å². The number of hydrogen-bond donors (Lipinski definition) is 1. The summed E-state index contributed by atoms with van der Waals surface area (Å²) in [6.45, 7) is 1.95. The predicted molar refractivity (Wildman–Crippen MR) is 68.2 cm³/mol. The van der Waals surface area contributed by atoms with Crippen LogP contribution in [0.4, 0.5) is 13.2 Å². The fourth-order valence-corrected chi connectivity index (χ4v) is 2.69. The number of ether oxygens (including phenoxy) is 1. The van der Waals surface area contributed by atoms with Crippen molar-refractivity contribution in [3.05, 3.63) is 51.7 Å². The van der Waals surface area contributed by atoms with E-state index in [-0.39, 0.29) is 11.8 Å². The standard InChI is InChI=1S/C13H12F3NOS/c1-8-6-7-19-12(8)11(17)9-2-4-10(5-3-9)18-13(14,15)16/h2-7,11H,17H2,1H3. The summed E-state index contributed by atoms with van der Waals surface area (Å²) in [6, 6.07) is 7.26. The SMILES string of the molecule is Cc1ccsc1C(N)c1ccc(OC(F)(F)F)cc1. The Hall–Kier alpha value is -1.53. The maximum absolute atomic E-state index is 12.0. The van der Waals surface area contributed by atoms with E-state index in [0.717, 1.165) is 16.0 Å². The van der Waals surface area contributed by atoms with Crippen molar-refractivity contribution in [3.8, 4) is 5.75 Å². The molecule has 102 valence electrons. The third-order valence-electron chi connectivity index (χ3n) is 2.66. The van der Waals surface area contributed by atoms with Crippen molar-refractivity contribution in [3.63, 3.8) is 0 Å². The summed E-state index contributed by atoms with van der Waals surface area (Å²) in [5, 5.41) is 1.94. The molecule has 2 rings (SSSR count). The van der Waals surface area contributed by atoms with Crippen molar-refractivity contribution in [2.45, 2.75) is 19.3 Å². The molecule has 19 heavy (non-hydrogen) atoms. The second kappa shape index (κ2) is 5.22. The molecule has 6 heteroatoms. The quantitative estimate of drug-likeness (QED) is 0.926. The zero-order chi connectivity index (χ0) is 14.0. The van der Waals surface area contributed by atoms with Crippen molar-refractivity contribution >= 4 is 11.3 Å². The van der Waals surface area contributed by atoms with Crippen molar-refractivity contribution < 1.29 is 17.9 Å². The first-order chi connectivity index (χ1) is 8.87. The summed E-state index contributed by atoms with van der Waals surface area (Å²) >= 11 is 1.53. The molecule has 1 heterocycles. The predicted octanol–water partition coefficient (Wildman–Crippen LogP) is 4.00. The van der Waals surface area contributed by atoms with Crippen LogP contribution < -0.4 is 10.5 Å². The highest BCUT2D eigenvalue weighted by Crippen LogP contribution is 2.29. The lowest BCUT2D eigenvalue weighted by Crippen LogP contribution is -2.17. The Labute approximate surface area is 112 Å². The van der Waals surface area contributed by atoms with Crippen LogP contribution in [0.15, 0.2) is 35.7 Å². The van der Waals surface area contributed by atoms with Gasteiger partial charge < -0.3 is 10.5 Å². The average Bonchev–Trinajstić information content (AvgIpc) is 2.73. The molecule has 1 aromatic heterocycles. The first-order valence-corrected chi connectivity index (χ1v) is 6.40. The molecule has 0 spiro atoms. The first-order valence-electron chi connectivity index (χ1n) is 5.52. The van der Waals surface area contributed by atoms with Gasteiger partial charge in [-0.3, -0.25) is 0 Å². The number of benzene rings is 1. The lowest BCUT2D eigenvalue weighted by molar-refractivity contribution is -0.274. The summed E-state index contributed by atoms with van der Waals surface area (Å²) in [5.41, 5.74) is 7.91. The van der Waals surface area contributed by atoms with E-state index >= 15 is 0 Å². The molecule has 0 saturated carbocycles. The van der Waals surface area contributed by atoms with Gasteiger partial charge in [0.25, 0.3) is 0 Å². The van der Waals surface area contributed by atoms with Crippen molar-refractivity contribution in [1.82, 2.24) is 0 Å². The summed E-state index contributed by atoms with van der Waals surface area (Å²) < 4.78 is 39.9. The third kappa shape index (κ3) is 3.48. The topological polar surface area (TPSA) is 35.2 Å². The number of aryl methyl sites for hydroxylation is 1. The molecule has 2 nitrogen and oxygen atoms in total. The summed E-state index contributed by atoms with van der Waals surface area (Å²) in [4.78, 5) is 1.00. The minimum absolute atomic E-state index is 0.244. The van der Waals surface area contributed by atoms with Gasteiger partial charge >= 0.3 is 6.36 Å². The molecule has 0 radical (unpaired) electrons. The van der Waals surface area contributed by atoms with Crippen LogP contribution in [0.5, 0.6) is 5.75 Å². The second-order valence-corrected chi connectivity index (χ2v) is 5.01. The third-order valence-corrected chi connectivity index (χ3v) is 3.76. The fraction of sp³-hybridized carbons (Fsp3) is 0.231. The molecule has 0 aliphatic carbocycles. The molecule has 1 aromatic carbocycles. The molecule has 0 fully saturated rings. The van der Waals surface area contributed by atoms with Gasteiger partial charge in [-0.2, -0.15) is 0 Å². The fourth-order valence-electron chi connectivity index (χ4n) is 1.73. The monoisotopic (exact) mass is 287 g/mol. The molecule has 2 aromatic rings. The van der Waals surface area contributed by atoms with Gasteiger partial charge in [0.2, 0.25) is 0 Å². The number of hydrogen-bond acceptors (Lipinski definition) is 3. The van der Waals surface area contributed by atoms with Crippen molar-refractivity contribution in [2.75, 3.05) is 0 Å². The lowest BCUT2D eigenvalue weighted by Gasteiger charge is -2.13. The van der Waals surface area contributed by atoms with Crippen LogP contribution in [-0.2, 0) is 0 Å². The molecule has 0 bridgehead atoms. The van der Waals surface area contributed by atoms with Crippen LogP contribution in [0.25, 0.3) is 0 Å². The van der Waals surface area contributed by atoms with Crippen LogP contribution in [0.2, 0.25) is 0 Å². The van der Waals surface area contributed by atoms with Gasteiger partial charge in [-0.15, -0.1) is 24.5 Å². The van der Waals surface area contributed by atoms with E-state index in [9.17, 15) is 13.2 Å². The Morgan fingerprint density at radius 3 is 2.26 bits per heavy atom. The minimum Gasteiger partial charge on any atom is -0.406 e. The molecule has 1 atom stereocenters. The molecule has 0 aliphatic rings. The Morgan fingerprint density at radius 2 is 1.79 bits per heavy atom. The molecular formula is C13H12F3NOS. The van der Waals surface area contributed by atoms with E-state index in [1.165, 1.54) is 23.5 Å². The van der Waals surface area contributed by atoms with Gasteiger partial charge in [0, 0.05) is 4.88 Å². The van der Waals surface area contributed by atoms with E-state index in [4.69, 9.17) is 5.73 Å². The molecule has 0 saturated heterocycles. The van der Waals surface area contributed by atoms with Crippen LogP contribution in [0.3, 0.4) is 0 Å². The first kappa shape index (κ1) is 13.9. The Morgan fingerprint density at radius 1 is 1.16 bits per heavy atom. The molecule has 2 N–H and O–H groups in total. The highest BCUT2D eigenvalue weighted by atomic mass is 32.1. The Balaban J connectivity index is 2.17. The van der Waals surface area contributed by atoms with E-state index < -0.39 is 6.36 Å². The normalized spacial score (nSPS) is 13.3. The average molecular weight is 287 g/mol. The number of halogens is 3. The van der Waals surface area contributed by atoms with E-state index in [1.54, 1.807) is 12.1 Å². The van der Waals surface area contributed by atoms with Gasteiger partial charge in [-0.1, -0.05) is 12.1 Å². The smallest absolute Gasteiger partial charge is 0.406 e. The van der Waals surface area contributed by atoms with Gasteiger partial charge in [0.05, 0.1) is 6.04 Å². The Kier molecular flexibility index (Phi) is 3.82. The van der Waals surface area contributed by atoms with Crippen molar-refractivity contribution in [2.24, 2.45) is 5.73 Å². The van der Waals surface area contributed by atoms with E-state index in [1.807, 2.05) is 18.4 Å². The minimum atomic E-state index is -4.67. The number of thiophene rings is 1. The van der Waals surface area contributed by atoms with Gasteiger partial charge in [0.15, 0.2) is 0 Å².